The van der Waals surface area contributed by atoms with Gasteiger partial charge >= 0.3 is 0 Å². The van der Waals surface area contributed by atoms with E-state index in [2.05, 4.69) is 45.7 Å². The number of benzene rings is 1. The van der Waals surface area contributed by atoms with Crippen LogP contribution in [-0.4, -0.2) is 83.2 Å². The minimum absolute atomic E-state index is 0.441. The Bertz CT molecular complexity index is 669. The molecule has 0 saturated carbocycles. The Morgan fingerprint density at radius 3 is 2.50 bits per heavy atom. The van der Waals surface area contributed by atoms with Gasteiger partial charge in [0.15, 0.2) is 0 Å². The van der Waals surface area contributed by atoms with Gasteiger partial charge in [-0.2, -0.15) is 12.7 Å². The molecule has 0 bridgehead atoms. The topological polar surface area (TPSA) is 65.1 Å². The Labute approximate surface area is 157 Å². The molecule has 2 fully saturated rings. The molecule has 2 aliphatic heterocycles. The summed E-state index contributed by atoms with van der Waals surface area (Å²) in [5, 5.41) is 0. The fourth-order valence-corrected chi connectivity index (χ4v) is 4.65. The first-order valence-electron chi connectivity index (χ1n) is 9.41. The van der Waals surface area contributed by atoms with Gasteiger partial charge in [0, 0.05) is 51.5 Å². The zero-order valence-electron chi connectivity index (χ0n) is 15.6. The van der Waals surface area contributed by atoms with Crippen LogP contribution in [0.3, 0.4) is 0 Å². The van der Waals surface area contributed by atoms with Crippen LogP contribution in [0.5, 0.6) is 0 Å². The highest BCUT2D eigenvalue weighted by Crippen LogP contribution is 2.17. The van der Waals surface area contributed by atoms with Crippen LogP contribution in [0.25, 0.3) is 0 Å². The number of nitrogens with one attached hydrogen (secondary N) is 1. The summed E-state index contributed by atoms with van der Waals surface area (Å²) in [6, 6.07) is 8.63. The zero-order chi connectivity index (χ0) is 18.4. The van der Waals surface area contributed by atoms with Gasteiger partial charge in [0.2, 0.25) is 0 Å². The summed E-state index contributed by atoms with van der Waals surface area (Å²) in [5.74, 6) is 0. The highest BCUT2D eigenvalue weighted by atomic mass is 32.2. The lowest BCUT2D eigenvalue weighted by atomic mass is 10.2. The third-order valence-electron chi connectivity index (χ3n) is 4.98. The van der Waals surface area contributed by atoms with Crippen molar-refractivity contribution in [2.24, 2.45) is 0 Å². The maximum Gasteiger partial charge on any atom is 0.279 e. The molecule has 1 aromatic rings. The van der Waals surface area contributed by atoms with Crippen LogP contribution in [0.4, 0.5) is 5.69 Å². The summed E-state index contributed by atoms with van der Waals surface area (Å²) in [7, 11) is -3.36. The summed E-state index contributed by atoms with van der Waals surface area (Å²) in [6.45, 7) is 9.44. The number of hydrogen-bond acceptors (Lipinski definition) is 5. The predicted molar refractivity (Wildman–Crippen MR) is 104 cm³/mol. The number of rotatable bonds is 7. The molecule has 8 heteroatoms. The monoisotopic (exact) mass is 382 g/mol. The van der Waals surface area contributed by atoms with Crippen LogP contribution < -0.4 is 9.62 Å². The van der Waals surface area contributed by atoms with Gasteiger partial charge in [-0.25, -0.2) is 4.72 Å². The normalized spacial score (nSPS) is 20.4. The molecule has 2 heterocycles. The van der Waals surface area contributed by atoms with Crippen molar-refractivity contribution in [1.82, 2.24) is 13.9 Å². The number of piperazine rings is 1. The number of hydrogen-bond donors (Lipinski definition) is 1. The van der Waals surface area contributed by atoms with E-state index in [1.54, 1.807) is 0 Å². The molecule has 1 N–H and O–H groups in total. The van der Waals surface area contributed by atoms with Crippen molar-refractivity contribution in [3.63, 3.8) is 0 Å². The molecule has 0 spiro atoms. The maximum absolute atomic E-state index is 12.2. The van der Waals surface area contributed by atoms with E-state index < -0.39 is 10.2 Å². The average Bonchev–Trinajstić information content (AvgIpc) is 2.66. The Balaban J connectivity index is 1.35. The van der Waals surface area contributed by atoms with Crippen LogP contribution >= 0.6 is 0 Å². The zero-order valence-corrected chi connectivity index (χ0v) is 16.4. The van der Waals surface area contributed by atoms with Gasteiger partial charge in [-0.05, 0) is 37.6 Å². The number of morpholine rings is 1. The fraction of sp³-hybridized carbons (Fsp3) is 0.667. The summed E-state index contributed by atoms with van der Waals surface area (Å²) in [4.78, 5) is 4.83. The molecule has 26 heavy (non-hydrogen) atoms. The third kappa shape index (κ3) is 5.40. The molecule has 0 unspecified atom stereocenters. The van der Waals surface area contributed by atoms with Crippen molar-refractivity contribution >= 4 is 15.9 Å². The summed E-state index contributed by atoms with van der Waals surface area (Å²) in [5.41, 5.74) is 2.58. The Morgan fingerprint density at radius 2 is 1.81 bits per heavy atom. The quantitative estimate of drug-likeness (QED) is 0.703. The molecular formula is C18H30N4O3S. The van der Waals surface area contributed by atoms with E-state index in [9.17, 15) is 8.42 Å². The van der Waals surface area contributed by atoms with E-state index >= 15 is 0 Å². The SMILES string of the molecule is Cc1cccc(N2CCN(CCCNS(=O)(=O)N3CCOCC3)CC2)c1. The van der Waals surface area contributed by atoms with E-state index in [1.165, 1.54) is 15.6 Å². The largest absolute Gasteiger partial charge is 0.379 e. The standard InChI is InChI=1S/C18H30N4O3S/c1-17-4-2-5-18(16-17)21-10-8-20(9-11-21)7-3-6-19-26(23,24)22-12-14-25-15-13-22/h2,4-5,16,19H,3,6-15H2,1H3. The van der Waals surface area contributed by atoms with Gasteiger partial charge in [-0.1, -0.05) is 12.1 Å². The van der Waals surface area contributed by atoms with Crippen LogP contribution in [0, 0.1) is 6.92 Å². The molecule has 146 valence electrons. The van der Waals surface area contributed by atoms with E-state index in [1.807, 2.05) is 0 Å². The summed E-state index contributed by atoms with van der Waals surface area (Å²) >= 11 is 0. The second-order valence-electron chi connectivity index (χ2n) is 6.93. The van der Waals surface area contributed by atoms with Gasteiger partial charge in [-0.15, -0.1) is 0 Å². The number of aryl methyl sites for hydroxylation is 1. The highest BCUT2D eigenvalue weighted by Gasteiger charge is 2.23. The Hall–Kier alpha value is -1.19. The molecule has 0 atom stereocenters. The van der Waals surface area contributed by atoms with Crippen molar-refractivity contribution in [2.45, 2.75) is 13.3 Å². The Kier molecular flexibility index (Phi) is 6.88. The van der Waals surface area contributed by atoms with Gasteiger partial charge in [-0.3, -0.25) is 4.90 Å². The van der Waals surface area contributed by atoms with Crippen molar-refractivity contribution in [1.29, 1.82) is 0 Å². The second kappa shape index (κ2) is 9.14. The second-order valence-corrected chi connectivity index (χ2v) is 8.69. The third-order valence-corrected chi connectivity index (χ3v) is 6.60. The van der Waals surface area contributed by atoms with Crippen LogP contribution in [0.1, 0.15) is 12.0 Å². The first-order chi connectivity index (χ1) is 12.5. The van der Waals surface area contributed by atoms with Crippen molar-refractivity contribution < 1.29 is 13.2 Å². The number of anilines is 1. The van der Waals surface area contributed by atoms with E-state index in [0.717, 1.165) is 39.1 Å². The molecule has 0 radical (unpaired) electrons. The molecule has 7 nitrogen and oxygen atoms in total. The molecule has 1 aromatic carbocycles. The van der Waals surface area contributed by atoms with Crippen molar-refractivity contribution in [2.75, 3.05) is 70.5 Å². The van der Waals surface area contributed by atoms with Crippen molar-refractivity contribution in [3.05, 3.63) is 29.8 Å². The number of ether oxygens (including phenoxy) is 1. The van der Waals surface area contributed by atoms with Gasteiger partial charge < -0.3 is 9.64 Å². The van der Waals surface area contributed by atoms with Crippen LogP contribution in [-0.2, 0) is 14.9 Å². The van der Waals surface area contributed by atoms with Gasteiger partial charge in [0.05, 0.1) is 13.2 Å². The van der Waals surface area contributed by atoms with Crippen LogP contribution in [0.2, 0.25) is 0 Å². The molecular weight excluding hydrogens is 352 g/mol. The molecule has 2 saturated heterocycles. The molecule has 0 aromatic heterocycles. The van der Waals surface area contributed by atoms with Crippen LogP contribution in [0.15, 0.2) is 24.3 Å². The summed E-state index contributed by atoms with van der Waals surface area (Å²) in [6.07, 6.45) is 0.827. The molecule has 0 aliphatic carbocycles. The smallest absolute Gasteiger partial charge is 0.279 e. The fourth-order valence-electron chi connectivity index (χ4n) is 3.44. The van der Waals surface area contributed by atoms with E-state index in [-0.39, 0.29) is 0 Å². The lowest BCUT2D eigenvalue weighted by Crippen LogP contribution is -2.48. The van der Waals surface area contributed by atoms with Gasteiger partial charge in [0.1, 0.15) is 0 Å². The Morgan fingerprint density at radius 1 is 1.08 bits per heavy atom. The minimum Gasteiger partial charge on any atom is -0.379 e. The molecule has 0 amide bonds. The van der Waals surface area contributed by atoms with Crippen molar-refractivity contribution in [3.8, 4) is 0 Å². The minimum atomic E-state index is -3.36. The summed E-state index contributed by atoms with van der Waals surface area (Å²) < 4.78 is 33.8. The first-order valence-corrected chi connectivity index (χ1v) is 10.8. The molecule has 3 rings (SSSR count). The highest BCUT2D eigenvalue weighted by molar-refractivity contribution is 7.87. The first kappa shape index (κ1) is 19.6. The van der Waals surface area contributed by atoms with E-state index in [0.29, 0.717) is 32.8 Å². The van der Waals surface area contributed by atoms with E-state index in [4.69, 9.17) is 4.74 Å². The average molecular weight is 383 g/mol. The lowest BCUT2D eigenvalue weighted by Gasteiger charge is -2.36. The molecule has 2 aliphatic rings. The lowest BCUT2D eigenvalue weighted by molar-refractivity contribution is 0.0725. The number of nitrogens with zero attached hydrogens (tertiary/aromatic N) is 3. The maximum atomic E-state index is 12.2. The van der Waals surface area contributed by atoms with Gasteiger partial charge in [0.25, 0.3) is 10.2 Å². The predicted octanol–water partition coefficient (Wildman–Crippen LogP) is 0.674.